The Hall–Kier alpha value is -2.10. The van der Waals surface area contributed by atoms with Crippen LogP contribution in [-0.4, -0.2) is 25.2 Å². The maximum Gasteiger partial charge on any atom is 0.320 e. The van der Waals surface area contributed by atoms with Crippen LogP contribution in [0.1, 0.15) is 97.3 Å². The van der Waals surface area contributed by atoms with Crippen LogP contribution in [0.25, 0.3) is 0 Å². The highest BCUT2D eigenvalue weighted by Crippen LogP contribution is 2.11. The van der Waals surface area contributed by atoms with Crippen molar-refractivity contribution < 1.29 is 19.1 Å². The minimum absolute atomic E-state index is 0.264. The highest BCUT2D eigenvalue weighted by atomic mass is 16.6. The first-order valence-corrected chi connectivity index (χ1v) is 12.6. The predicted molar refractivity (Wildman–Crippen MR) is 134 cm³/mol. The fourth-order valence-electron chi connectivity index (χ4n) is 3.20. The molecule has 0 aliphatic rings. The van der Waals surface area contributed by atoms with Crippen LogP contribution >= 0.6 is 0 Å². The maximum atomic E-state index is 11.9. The van der Waals surface area contributed by atoms with Crippen LogP contribution < -0.4 is 0 Å². The maximum absolute atomic E-state index is 11.9. The number of hydrogen-bond donors (Lipinski definition) is 0. The fourth-order valence-corrected chi connectivity index (χ4v) is 3.20. The average molecular weight is 447 g/mol. The summed E-state index contributed by atoms with van der Waals surface area (Å²) in [4.78, 5) is 23.8. The lowest BCUT2D eigenvalue weighted by molar-refractivity contribution is -0.161. The second-order valence-corrected chi connectivity index (χ2v) is 7.85. The summed E-state index contributed by atoms with van der Waals surface area (Å²) in [5.74, 6) is -1.86. The van der Waals surface area contributed by atoms with Crippen molar-refractivity contribution in [3.63, 3.8) is 0 Å². The number of carbonyl (C=O) groups excluding carboxylic acids is 2. The molecule has 4 nitrogen and oxygen atoms in total. The van der Waals surface area contributed by atoms with Gasteiger partial charge < -0.3 is 9.47 Å². The van der Waals surface area contributed by atoms with Crippen LogP contribution in [0, 0.1) is 5.92 Å². The Bertz CT molecular complexity index is 542. The summed E-state index contributed by atoms with van der Waals surface area (Å²) in [5, 5.41) is 0. The van der Waals surface area contributed by atoms with Gasteiger partial charge in [0.25, 0.3) is 0 Å². The molecule has 4 heteroatoms. The molecular formula is C28H46O4. The van der Waals surface area contributed by atoms with Crippen molar-refractivity contribution in [2.24, 2.45) is 5.92 Å². The Morgan fingerprint density at radius 2 is 0.969 bits per heavy atom. The second-order valence-electron chi connectivity index (χ2n) is 7.85. The Labute approximate surface area is 196 Å². The van der Waals surface area contributed by atoms with Gasteiger partial charge in [0, 0.05) is 0 Å². The van der Waals surface area contributed by atoms with E-state index in [0.717, 1.165) is 38.5 Å². The number of allylic oxidation sites excluding steroid dienone is 7. The molecule has 0 saturated carbocycles. The summed E-state index contributed by atoms with van der Waals surface area (Å²) >= 11 is 0. The van der Waals surface area contributed by atoms with Gasteiger partial charge in [0.2, 0.25) is 0 Å². The number of rotatable bonds is 21. The third-order valence-electron chi connectivity index (χ3n) is 5.03. The highest BCUT2D eigenvalue weighted by Gasteiger charge is 2.27. The molecule has 0 aliphatic carbocycles. The Morgan fingerprint density at radius 3 is 1.31 bits per heavy atom. The summed E-state index contributed by atoms with van der Waals surface area (Å²) in [6.45, 7) is 7.74. The van der Waals surface area contributed by atoms with E-state index in [-0.39, 0.29) is 13.2 Å². The van der Waals surface area contributed by atoms with Gasteiger partial charge in [-0.3, -0.25) is 9.59 Å². The molecule has 0 aliphatic heterocycles. The van der Waals surface area contributed by atoms with Gasteiger partial charge in [-0.25, -0.2) is 0 Å². The van der Waals surface area contributed by atoms with E-state index in [1.807, 2.05) is 18.2 Å². The van der Waals surface area contributed by atoms with E-state index in [9.17, 15) is 9.59 Å². The van der Waals surface area contributed by atoms with E-state index in [4.69, 9.17) is 9.47 Å². The zero-order valence-corrected chi connectivity index (χ0v) is 20.6. The zero-order chi connectivity index (χ0) is 23.7. The molecule has 0 saturated heterocycles. The molecule has 0 rings (SSSR count). The van der Waals surface area contributed by atoms with Gasteiger partial charge in [0.15, 0.2) is 5.92 Å². The number of hydrogen-bond acceptors (Lipinski definition) is 4. The van der Waals surface area contributed by atoms with Crippen LogP contribution in [0.2, 0.25) is 0 Å². The van der Waals surface area contributed by atoms with Gasteiger partial charge in [-0.1, -0.05) is 42.5 Å². The molecule has 0 aromatic heterocycles. The molecule has 0 aromatic carbocycles. The zero-order valence-electron chi connectivity index (χ0n) is 20.6. The Morgan fingerprint density at radius 1 is 0.625 bits per heavy atom. The van der Waals surface area contributed by atoms with Crippen molar-refractivity contribution in [3.8, 4) is 0 Å². The van der Waals surface area contributed by atoms with Crippen molar-refractivity contribution in [1.29, 1.82) is 0 Å². The van der Waals surface area contributed by atoms with Gasteiger partial charge in [-0.15, -0.1) is 6.58 Å². The standard InChI is InChI=1S/C28H46O4/c1-4-7-8-9-10-11-12-13-14-15-16-17-18-19-20-21-22-23-24-25-26(27(29)31-5-2)28(30)32-6-3/h4,11-12,17-18,23-24,26H,1,5-10,13-16,19-22,25H2,2-3H3/b12-11+,18-17+,24-23+. The van der Waals surface area contributed by atoms with Crippen molar-refractivity contribution in [1.82, 2.24) is 0 Å². The quantitative estimate of drug-likeness (QED) is 0.0786. The van der Waals surface area contributed by atoms with Crippen LogP contribution in [-0.2, 0) is 19.1 Å². The van der Waals surface area contributed by atoms with Gasteiger partial charge in [0.05, 0.1) is 13.2 Å². The van der Waals surface area contributed by atoms with Crippen LogP contribution in [0.5, 0.6) is 0 Å². The molecule has 0 fully saturated rings. The van der Waals surface area contributed by atoms with E-state index in [1.165, 1.54) is 38.5 Å². The minimum atomic E-state index is -0.855. The van der Waals surface area contributed by atoms with E-state index in [2.05, 4.69) is 30.9 Å². The molecule has 0 aromatic rings. The average Bonchev–Trinajstić information content (AvgIpc) is 2.78. The molecule has 182 valence electrons. The largest absolute Gasteiger partial charge is 0.465 e. The van der Waals surface area contributed by atoms with Gasteiger partial charge in [-0.2, -0.15) is 0 Å². The van der Waals surface area contributed by atoms with Gasteiger partial charge in [0.1, 0.15) is 0 Å². The van der Waals surface area contributed by atoms with E-state index in [0.29, 0.717) is 6.42 Å². The summed E-state index contributed by atoms with van der Waals surface area (Å²) in [6.07, 6.45) is 29.5. The minimum Gasteiger partial charge on any atom is -0.465 e. The lowest BCUT2D eigenvalue weighted by Gasteiger charge is -2.12. The third-order valence-corrected chi connectivity index (χ3v) is 5.03. The number of ether oxygens (including phenoxy) is 2. The van der Waals surface area contributed by atoms with Crippen LogP contribution in [0.3, 0.4) is 0 Å². The lowest BCUT2D eigenvalue weighted by Crippen LogP contribution is -2.27. The molecular weight excluding hydrogens is 400 g/mol. The molecule has 0 bridgehead atoms. The second kappa shape index (κ2) is 23.6. The van der Waals surface area contributed by atoms with E-state index < -0.39 is 17.9 Å². The number of carbonyl (C=O) groups is 2. The SMILES string of the molecule is C=CCCCC/C=C/CCCC/C=C/CCCC/C=C/CC(C(=O)OCC)C(=O)OCC. The molecule has 0 N–H and O–H groups in total. The fraction of sp³-hybridized carbons (Fsp3) is 0.643. The van der Waals surface area contributed by atoms with Crippen LogP contribution in [0.4, 0.5) is 0 Å². The summed E-state index contributed by atoms with van der Waals surface area (Å²) in [7, 11) is 0. The third kappa shape index (κ3) is 18.7. The molecule has 0 radical (unpaired) electrons. The van der Waals surface area contributed by atoms with Crippen molar-refractivity contribution in [2.45, 2.75) is 97.3 Å². The first-order chi connectivity index (χ1) is 15.7. The van der Waals surface area contributed by atoms with Crippen LogP contribution in [0.15, 0.2) is 49.1 Å². The normalized spacial score (nSPS) is 11.7. The first kappa shape index (κ1) is 29.9. The molecule has 0 unspecified atom stereocenters. The molecule has 32 heavy (non-hydrogen) atoms. The smallest absolute Gasteiger partial charge is 0.320 e. The van der Waals surface area contributed by atoms with Crippen molar-refractivity contribution in [2.75, 3.05) is 13.2 Å². The number of unbranched alkanes of at least 4 members (excludes halogenated alkanes) is 9. The number of esters is 2. The first-order valence-electron chi connectivity index (χ1n) is 12.6. The molecule has 0 atom stereocenters. The van der Waals surface area contributed by atoms with E-state index >= 15 is 0 Å². The Balaban J connectivity index is 3.72. The summed E-state index contributed by atoms with van der Waals surface area (Å²) in [5.41, 5.74) is 0. The predicted octanol–water partition coefficient (Wildman–Crippen LogP) is 7.65. The van der Waals surface area contributed by atoms with Crippen molar-refractivity contribution >= 4 is 11.9 Å². The monoisotopic (exact) mass is 446 g/mol. The molecule has 0 heterocycles. The van der Waals surface area contributed by atoms with Crippen molar-refractivity contribution in [3.05, 3.63) is 49.1 Å². The van der Waals surface area contributed by atoms with Gasteiger partial charge >= 0.3 is 11.9 Å². The highest BCUT2D eigenvalue weighted by molar-refractivity contribution is 5.95. The Kier molecular flexibility index (Phi) is 22.0. The van der Waals surface area contributed by atoms with Gasteiger partial charge in [-0.05, 0) is 97.3 Å². The molecule has 0 spiro atoms. The van der Waals surface area contributed by atoms with E-state index in [1.54, 1.807) is 13.8 Å². The topological polar surface area (TPSA) is 52.6 Å². The summed E-state index contributed by atoms with van der Waals surface area (Å²) in [6, 6.07) is 0. The lowest BCUT2D eigenvalue weighted by atomic mass is 10.0. The summed E-state index contributed by atoms with van der Waals surface area (Å²) < 4.78 is 9.95. The molecule has 0 amide bonds.